The van der Waals surface area contributed by atoms with Gasteiger partial charge < -0.3 is 4.90 Å². The Morgan fingerprint density at radius 1 is 1.00 bits per heavy atom. The first-order valence-electron chi connectivity index (χ1n) is 8.11. The maximum Gasteiger partial charge on any atom is 0.417 e. The molecule has 0 aliphatic carbocycles. The summed E-state index contributed by atoms with van der Waals surface area (Å²) in [5.41, 5.74) is -0.561. The largest absolute Gasteiger partial charge is 0.417 e. The third-order valence-electron chi connectivity index (χ3n) is 3.86. The molecule has 3 heterocycles. The first kappa shape index (κ1) is 19.6. The highest BCUT2D eigenvalue weighted by Crippen LogP contribution is 2.36. The molecular weight excluding hydrogens is 391 g/mol. The normalized spacial score (nSPS) is 11.1. The molecule has 9 heteroatoms. The Kier molecular flexibility index (Phi) is 5.76. The molecule has 0 saturated carbocycles. The van der Waals surface area contributed by atoms with Crippen molar-refractivity contribution in [3.8, 4) is 6.07 Å². The van der Waals surface area contributed by atoms with Crippen molar-refractivity contribution in [2.24, 2.45) is 0 Å². The monoisotopic (exact) mass is 403 g/mol. The average molecular weight is 404 g/mol. The zero-order valence-electron chi connectivity index (χ0n) is 14.4. The highest BCUT2D eigenvalue weighted by molar-refractivity contribution is 6.30. The summed E-state index contributed by atoms with van der Waals surface area (Å²) < 4.78 is 40.3. The maximum absolute atomic E-state index is 13.4. The van der Waals surface area contributed by atoms with Crippen LogP contribution in [0.15, 0.2) is 54.9 Å². The van der Waals surface area contributed by atoms with Gasteiger partial charge in [0.2, 0.25) is 0 Å². The number of rotatable bonds is 5. The molecule has 0 fully saturated rings. The van der Waals surface area contributed by atoms with Crippen LogP contribution in [-0.2, 0) is 19.3 Å². The van der Waals surface area contributed by atoms with E-state index in [2.05, 4.69) is 15.0 Å². The standard InChI is InChI=1S/C19H13ClF3N5/c20-18-15(10-24)16(19(21,22)23)9-17(27-18)28(11-13-5-1-3-7-25-13)12-14-6-2-4-8-26-14/h1-9H,11-12H2. The molecule has 3 aromatic heterocycles. The van der Waals surface area contributed by atoms with E-state index in [1.807, 2.05) is 0 Å². The maximum atomic E-state index is 13.4. The van der Waals surface area contributed by atoms with Crippen LogP contribution in [0.2, 0.25) is 5.15 Å². The summed E-state index contributed by atoms with van der Waals surface area (Å²) in [6, 6.07) is 12.9. The van der Waals surface area contributed by atoms with Crippen LogP contribution in [0.25, 0.3) is 0 Å². The van der Waals surface area contributed by atoms with E-state index in [4.69, 9.17) is 16.9 Å². The van der Waals surface area contributed by atoms with Gasteiger partial charge in [0.1, 0.15) is 22.6 Å². The lowest BCUT2D eigenvalue weighted by atomic mass is 10.1. The highest BCUT2D eigenvalue weighted by atomic mass is 35.5. The Hall–Kier alpha value is -3.18. The third-order valence-corrected chi connectivity index (χ3v) is 4.13. The molecule has 0 unspecified atom stereocenters. The highest BCUT2D eigenvalue weighted by Gasteiger charge is 2.36. The van der Waals surface area contributed by atoms with Crippen LogP contribution >= 0.6 is 11.6 Å². The fourth-order valence-electron chi connectivity index (χ4n) is 2.59. The van der Waals surface area contributed by atoms with E-state index in [1.165, 1.54) is 6.07 Å². The summed E-state index contributed by atoms with van der Waals surface area (Å²) in [7, 11) is 0. The molecule has 0 N–H and O–H groups in total. The van der Waals surface area contributed by atoms with E-state index in [0.29, 0.717) is 11.4 Å². The second-order valence-electron chi connectivity index (χ2n) is 5.80. The lowest BCUT2D eigenvalue weighted by Gasteiger charge is -2.24. The Balaban J connectivity index is 2.06. The number of hydrogen-bond acceptors (Lipinski definition) is 5. The fraction of sp³-hybridized carbons (Fsp3) is 0.158. The van der Waals surface area contributed by atoms with Crippen molar-refractivity contribution in [1.29, 1.82) is 5.26 Å². The molecule has 0 amide bonds. The van der Waals surface area contributed by atoms with Crippen molar-refractivity contribution < 1.29 is 13.2 Å². The summed E-state index contributed by atoms with van der Waals surface area (Å²) in [6.07, 6.45) is -1.56. The molecule has 3 rings (SSSR count). The molecule has 0 atom stereocenters. The van der Waals surface area contributed by atoms with E-state index in [9.17, 15) is 13.2 Å². The van der Waals surface area contributed by atoms with Crippen molar-refractivity contribution in [2.45, 2.75) is 19.3 Å². The van der Waals surface area contributed by atoms with Gasteiger partial charge in [-0.3, -0.25) is 9.97 Å². The molecule has 0 spiro atoms. The van der Waals surface area contributed by atoms with Gasteiger partial charge >= 0.3 is 6.18 Å². The van der Waals surface area contributed by atoms with Gasteiger partial charge in [0.25, 0.3) is 0 Å². The molecule has 0 aliphatic rings. The molecule has 0 saturated heterocycles. The van der Waals surface area contributed by atoms with Crippen LogP contribution in [0.4, 0.5) is 19.0 Å². The van der Waals surface area contributed by atoms with Crippen LogP contribution in [0, 0.1) is 11.3 Å². The van der Waals surface area contributed by atoms with Crippen LogP contribution in [0.3, 0.4) is 0 Å². The van der Waals surface area contributed by atoms with Gasteiger partial charge in [-0.05, 0) is 30.3 Å². The average Bonchev–Trinajstić information content (AvgIpc) is 2.68. The number of nitriles is 1. The van der Waals surface area contributed by atoms with Gasteiger partial charge in [-0.2, -0.15) is 18.4 Å². The number of anilines is 1. The minimum absolute atomic E-state index is 0.0207. The fourth-order valence-corrected chi connectivity index (χ4v) is 2.82. The Labute approximate surface area is 164 Å². The lowest BCUT2D eigenvalue weighted by Crippen LogP contribution is -2.25. The zero-order chi connectivity index (χ0) is 20.1. The molecule has 0 aromatic carbocycles. The number of pyridine rings is 3. The summed E-state index contributed by atoms with van der Waals surface area (Å²) >= 11 is 5.90. The predicted molar refractivity (Wildman–Crippen MR) is 97.3 cm³/mol. The second-order valence-corrected chi connectivity index (χ2v) is 6.16. The van der Waals surface area contributed by atoms with E-state index in [-0.39, 0.29) is 18.9 Å². The van der Waals surface area contributed by atoms with Crippen LogP contribution < -0.4 is 4.90 Å². The van der Waals surface area contributed by atoms with Crippen LogP contribution in [0.5, 0.6) is 0 Å². The second kappa shape index (κ2) is 8.23. The van der Waals surface area contributed by atoms with Crippen LogP contribution in [0.1, 0.15) is 22.5 Å². The van der Waals surface area contributed by atoms with E-state index in [1.54, 1.807) is 53.7 Å². The summed E-state index contributed by atoms with van der Waals surface area (Å²) in [5.74, 6) is -0.0207. The molecule has 142 valence electrons. The first-order chi connectivity index (χ1) is 13.4. The Bertz CT molecular complexity index is 947. The van der Waals surface area contributed by atoms with Crippen molar-refractivity contribution >= 4 is 17.4 Å². The van der Waals surface area contributed by atoms with Crippen LogP contribution in [-0.4, -0.2) is 15.0 Å². The van der Waals surface area contributed by atoms with Crippen molar-refractivity contribution in [3.05, 3.63) is 82.5 Å². The number of alkyl halides is 3. The van der Waals surface area contributed by atoms with Crippen molar-refractivity contribution in [1.82, 2.24) is 15.0 Å². The van der Waals surface area contributed by atoms with Gasteiger partial charge in [0.05, 0.1) is 30.0 Å². The molecule has 28 heavy (non-hydrogen) atoms. The molecule has 5 nitrogen and oxygen atoms in total. The van der Waals surface area contributed by atoms with Gasteiger partial charge in [0, 0.05) is 12.4 Å². The van der Waals surface area contributed by atoms with Gasteiger partial charge in [-0.25, -0.2) is 4.98 Å². The Morgan fingerprint density at radius 3 is 2.00 bits per heavy atom. The minimum atomic E-state index is -4.74. The summed E-state index contributed by atoms with van der Waals surface area (Å²) in [6.45, 7) is 0.369. The molecule has 3 aromatic rings. The summed E-state index contributed by atoms with van der Waals surface area (Å²) in [4.78, 5) is 14.0. The lowest BCUT2D eigenvalue weighted by molar-refractivity contribution is -0.137. The van der Waals surface area contributed by atoms with Gasteiger partial charge in [-0.1, -0.05) is 23.7 Å². The number of halogens is 4. The van der Waals surface area contributed by atoms with Gasteiger partial charge in [-0.15, -0.1) is 0 Å². The zero-order valence-corrected chi connectivity index (χ0v) is 15.1. The van der Waals surface area contributed by atoms with Gasteiger partial charge in [0.15, 0.2) is 0 Å². The predicted octanol–water partition coefficient (Wildman–Crippen LogP) is 4.62. The first-order valence-corrected chi connectivity index (χ1v) is 8.49. The number of aromatic nitrogens is 3. The minimum Gasteiger partial charge on any atom is -0.345 e. The smallest absolute Gasteiger partial charge is 0.345 e. The summed E-state index contributed by atoms with van der Waals surface area (Å²) in [5, 5.41) is 8.55. The van der Waals surface area contributed by atoms with Crippen molar-refractivity contribution in [2.75, 3.05) is 4.90 Å². The Morgan fingerprint density at radius 2 is 1.57 bits per heavy atom. The third kappa shape index (κ3) is 4.56. The molecule has 0 aliphatic heterocycles. The van der Waals surface area contributed by atoms with Crippen molar-refractivity contribution in [3.63, 3.8) is 0 Å². The quantitative estimate of drug-likeness (QED) is 0.581. The van der Waals surface area contributed by atoms with E-state index >= 15 is 0 Å². The number of hydrogen-bond donors (Lipinski definition) is 0. The molecular formula is C19H13ClF3N5. The number of nitrogens with zero attached hydrogens (tertiary/aromatic N) is 5. The topological polar surface area (TPSA) is 65.7 Å². The van der Waals surface area contributed by atoms with E-state index < -0.39 is 22.5 Å². The molecule has 0 radical (unpaired) electrons. The van der Waals surface area contributed by atoms with E-state index in [0.717, 1.165) is 6.07 Å². The SMILES string of the molecule is N#Cc1c(C(F)(F)F)cc(N(Cc2ccccn2)Cc2ccccn2)nc1Cl. The molecule has 0 bridgehead atoms.